The molecule has 0 unspecified atom stereocenters. The minimum absolute atomic E-state index is 0.184. The van der Waals surface area contributed by atoms with Crippen LogP contribution in [0.15, 0.2) is 6.33 Å². The molecule has 27 heavy (non-hydrogen) atoms. The molecule has 1 amide bonds. The van der Waals surface area contributed by atoms with Crippen LogP contribution in [-0.4, -0.2) is 36.6 Å². The van der Waals surface area contributed by atoms with Gasteiger partial charge in [0, 0.05) is 23.0 Å². The number of hydrazine groups is 1. The highest BCUT2D eigenvalue weighted by atomic mass is 32.1. The summed E-state index contributed by atoms with van der Waals surface area (Å²) in [6.45, 7) is 8.31. The van der Waals surface area contributed by atoms with Gasteiger partial charge in [0.2, 0.25) is 5.91 Å². The van der Waals surface area contributed by atoms with Crippen molar-refractivity contribution in [2.24, 2.45) is 11.8 Å². The number of nitrogens with zero attached hydrogens (tertiary/aromatic N) is 4. The van der Waals surface area contributed by atoms with Gasteiger partial charge in [-0.25, -0.2) is 9.50 Å². The third-order valence-corrected chi connectivity index (χ3v) is 5.88. The zero-order valence-electron chi connectivity index (χ0n) is 16.2. The Labute approximate surface area is 164 Å². The van der Waals surface area contributed by atoms with E-state index in [1.165, 1.54) is 19.2 Å². The summed E-state index contributed by atoms with van der Waals surface area (Å²) in [6.07, 6.45) is 5.21. The van der Waals surface area contributed by atoms with E-state index < -0.39 is 0 Å². The number of thiocarbonyl (C=S) groups is 1. The summed E-state index contributed by atoms with van der Waals surface area (Å²) in [5, 5.41) is 7.93. The first-order valence-electron chi connectivity index (χ1n) is 9.38. The number of carbonyl (C=O) groups is 1. The Morgan fingerprint density at radius 2 is 2.07 bits per heavy atom. The van der Waals surface area contributed by atoms with Crippen LogP contribution in [0.25, 0.3) is 5.78 Å². The lowest BCUT2D eigenvalue weighted by atomic mass is 9.78. The summed E-state index contributed by atoms with van der Waals surface area (Å²) < 4.78 is 1.64. The first-order valence-corrected chi connectivity index (χ1v) is 9.78. The fourth-order valence-corrected chi connectivity index (χ4v) is 3.94. The second-order valence-electron chi connectivity index (χ2n) is 7.43. The SMILES string of the molecule is Cc1nc2ncnn2c(C)c1CC(=O)NNC(=S)N[C@H]1CCC[C@@H](C)[C@@H]1C. The average Bonchev–Trinajstić information content (AvgIpc) is 3.09. The fourth-order valence-electron chi connectivity index (χ4n) is 3.73. The van der Waals surface area contributed by atoms with Crippen LogP contribution in [0.4, 0.5) is 0 Å². The molecule has 3 rings (SSSR count). The van der Waals surface area contributed by atoms with Crippen LogP contribution in [-0.2, 0) is 11.2 Å². The first kappa shape index (κ1) is 19.5. The van der Waals surface area contributed by atoms with Gasteiger partial charge in [0.15, 0.2) is 5.11 Å². The number of carbonyl (C=O) groups excluding carboxylic acids is 1. The number of amides is 1. The summed E-state index contributed by atoms with van der Waals surface area (Å²) >= 11 is 5.34. The minimum Gasteiger partial charge on any atom is -0.358 e. The molecule has 1 aliphatic rings. The monoisotopic (exact) mass is 389 g/mol. The maximum atomic E-state index is 12.4. The molecule has 1 aliphatic carbocycles. The lowest BCUT2D eigenvalue weighted by Gasteiger charge is -2.35. The number of nitrogens with one attached hydrogen (secondary N) is 3. The smallest absolute Gasteiger partial charge is 0.252 e. The normalized spacial score (nSPS) is 22.4. The number of hydrogen-bond donors (Lipinski definition) is 3. The Kier molecular flexibility index (Phi) is 5.88. The van der Waals surface area contributed by atoms with E-state index in [2.05, 4.69) is 45.1 Å². The summed E-state index contributed by atoms with van der Waals surface area (Å²) in [5.74, 6) is 1.59. The number of rotatable bonds is 3. The van der Waals surface area contributed by atoms with Crippen molar-refractivity contribution in [1.29, 1.82) is 0 Å². The molecule has 3 N–H and O–H groups in total. The molecule has 1 fully saturated rings. The van der Waals surface area contributed by atoms with E-state index in [1.807, 2.05) is 13.8 Å². The van der Waals surface area contributed by atoms with Crippen molar-refractivity contribution >= 4 is 29.0 Å². The van der Waals surface area contributed by atoms with Crippen LogP contribution in [0, 0.1) is 25.7 Å². The predicted octanol–water partition coefficient (Wildman–Crippen LogP) is 1.60. The molecule has 0 spiro atoms. The summed E-state index contributed by atoms with van der Waals surface area (Å²) in [7, 11) is 0. The molecule has 0 bridgehead atoms. The van der Waals surface area contributed by atoms with Crippen LogP contribution in [0.5, 0.6) is 0 Å². The van der Waals surface area contributed by atoms with Crippen LogP contribution < -0.4 is 16.2 Å². The van der Waals surface area contributed by atoms with E-state index >= 15 is 0 Å². The highest BCUT2D eigenvalue weighted by molar-refractivity contribution is 7.80. The Balaban J connectivity index is 1.55. The van der Waals surface area contributed by atoms with Crippen molar-refractivity contribution in [3.05, 3.63) is 23.3 Å². The molecule has 0 radical (unpaired) electrons. The lowest BCUT2D eigenvalue weighted by Crippen LogP contribution is -2.52. The van der Waals surface area contributed by atoms with Gasteiger partial charge in [-0.3, -0.25) is 15.6 Å². The van der Waals surface area contributed by atoms with Gasteiger partial charge in [0.05, 0.1) is 6.42 Å². The molecule has 9 heteroatoms. The molecule has 2 aromatic heterocycles. The van der Waals surface area contributed by atoms with Crippen molar-refractivity contribution in [3.8, 4) is 0 Å². The standard InChI is InChI=1S/C18H27N7OS/c1-10-6-5-7-15(11(10)2)22-18(27)24-23-16(26)8-14-12(3)21-17-19-9-20-25(17)13(14)4/h9-11,15H,5-8H2,1-4H3,(H,23,26)(H2,22,24,27)/t10-,11+,15+/m1/s1. The third-order valence-electron chi connectivity index (χ3n) is 5.66. The van der Waals surface area contributed by atoms with Gasteiger partial charge in [-0.05, 0) is 44.3 Å². The second-order valence-corrected chi connectivity index (χ2v) is 7.84. The zero-order valence-corrected chi connectivity index (χ0v) is 17.1. The van der Waals surface area contributed by atoms with Gasteiger partial charge in [0.1, 0.15) is 6.33 Å². The van der Waals surface area contributed by atoms with Crippen molar-refractivity contribution in [1.82, 2.24) is 35.8 Å². The maximum absolute atomic E-state index is 12.4. The van der Waals surface area contributed by atoms with Crippen LogP contribution in [0.2, 0.25) is 0 Å². The molecule has 2 aromatic rings. The van der Waals surface area contributed by atoms with Crippen molar-refractivity contribution in [2.75, 3.05) is 0 Å². The molecule has 0 aromatic carbocycles. The number of fused-ring (bicyclic) bond motifs is 1. The Bertz CT molecular complexity index is 850. The molecule has 2 heterocycles. The maximum Gasteiger partial charge on any atom is 0.252 e. The van der Waals surface area contributed by atoms with Crippen molar-refractivity contribution < 1.29 is 4.79 Å². The average molecular weight is 390 g/mol. The molecule has 3 atom stereocenters. The molecule has 146 valence electrons. The molecule has 0 aliphatic heterocycles. The van der Waals surface area contributed by atoms with Gasteiger partial charge in [-0.15, -0.1) is 0 Å². The molecular weight excluding hydrogens is 362 g/mol. The Hall–Kier alpha value is -2.29. The van der Waals surface area contributed by atoms with Gasteiger partial charge < -0.3 is 5.32 Å². The summed E-state index contributed by atoms with van der Waals surface area (Å²) in [6, 6.07) is 0.342. The van der Waals surface area contributed by atoms with Crippen LogP contribution in [0.3, 0.4) is 0 Å². The number of aryl methyl sites for hydroxylation is 2. The van der Waals surface area contributed by atoms with E-state index in [0.717, 1.165) is 23.4 Å². The predicted molar refractivity (Wildman–Crippen MR) is 107 cm³/mol. The van der Waals surface area contributed by atoms with Crippen molar-refractivity contribution in [3.63, 3.8) is 0 Å². The Morgan fingerprint density at radius 1 is 1.30 bits per heavy atom. The highest BCUT2D eigenvalue weighted by Gasteiger charge is 2.27. The van der Waals surface area contributed by atoms with Crippen molar-refractivity contribution in [2.45, 2.75) is 59.4 Å². The summed E-state index contributed by atoms with van der Waals surface area (Å²) in [5.41, 5.74) is 7.96. The fraction of sp³-hybridized carbons (Fsp3) is 0.611. The molecule has 8 nitrogen and oxygen atoms in total. The summed E-state index contributed by atoms with van der Waals surface area (Å²) in [4.78, 5) is 20.8. The molecule has 0 saturated heterocycles. The molecular formula is C18H27N7OS. The lowest BCUT2D eigenvalue weighted by molar-refractivity contribution is -0.121. The van der Waals surface area contributed by atoms with Crippen LogP contribution >= 0.6 is 12.2 Å². The molecule has 1 saturated carbocycles. The van der Waals surface area contributed by atoms with Gasteiger partial charge in [-0.1, -0.05) is 26.7 Å². The third kappa shape index (κ3) is 4.35. The van der Waals surface area contributed by atoms with E-state index in [1.54, 1.807) is 4.52 Å². The number of hydrogen-bond acceptors (Lipinski definition) is 5. The van der Waals surface area contributed by atoms with E-state index in [9.17, 15) is 4.79 Å². The van der Waals surface area contributed by atoms with E-state index in [4.69, 9.17) is 12.2 Å². The largest absolute Gasteiger partial charge is 0.358 e. The number of aromatic nitrogens is 4. The topological polar surface area (TPSA) is 96.2 Å². The minimum atomic E-state index is -0.184. The van der Waals surface area contributed by atoms with Gasteiger partial charge in [-0.2, -0.15) is 10.1 Å². The van der Waals surface area contributed by atoms with Gasteiger partial charge in [0.25, 0.3) is 5.78 Å². The van der Waals surface area contributed by atoms with Gasteiger partial charge >= 0.3 is 0 Å². The van der Waals surface area contributed by atoms with E-state index in [-0.39, 0.29) is 12.3 Å². The Morgan fingerprint density at radius 3 is 2.85 bits per heavy atom. The van der Waals surface area contributed by atoms with E-state index in [0.29, 0.717) is 28.8 Å². The quantitative estimate of drug-likeness (QED) is 0.542. The highest BCUT2D eigenvalue weighted by Crippen LogP contribution is 2.29. The second kappa shape index (κ2) is 8.16. The van der Waals surface area contributed by atoms with Crippen LogP contribution in [0.1, 0.15) is 50.1 Å². The first-order chi connectivity index (χ1) is 12.9. The zero-order chi connectivity index (χ0) is 19.6.